The van der Waals surface area contributed by atoms with Gasteiger partial charge in [0.05, 0.1) is 22.3 Å². The number of nitrogens with one attached hydrogen (secondary N) is 1. The maximum absolute atomic E-state index is 12.5. The molecule has 1 heterocycles. The van der Waals surface area contributed by atoms with E-state index >= 15 is 0 Å². The Hall–Kier alpha value is -1.22. The van der Waals surface area contributed by atoms with Gasteiger partial charge in [0.25, 0.3) is 0 Å². The Bertz CT molecular complexity index is 687. The molecule has 1 aromatic rings. The van der Waals surface area contributed by atoms with E-state index in [0.717, 1.165) is 12.1 Å². The van der Waals surface area contributed by atoms with Gasteiger partial charge in [-0.3, -0.25) is 4.79 Å². The van der Waals surface area contributed by atoms with Crippen molar-refractivity contribution in [3.8, 4) is 0 Å². The summed E-state index contributed by atoms with van der Waals surface area (Å²) in [6, 6.07) is 4.47. The van der Waals surface area contributed by atoms with Gasteiger partial charge < -0.3 is 5.32 Å². The number of carbonyl (C=O) groups excluding carboxylic acids is 1. The average molecular weight is 381 g/mol. The van der Waals surface area contributed by atoms with Gasteiger partial charge in [-0.2, -0.15) is 13.2 Å². The number of carbonyl (C=O) groups is 1. The quantitative estimate of drug-likeness (QED) is 0.852. The Morgan fingerprint density at radius 1 is 1.33 bits per heavy atom. The van der Waals surface area contributed by atoms with Gasteiger partial charge >= 0.3 is 6.18 Å². The molecule has 9 heteroatoms. The van der Waals surface area contributed by atoms with E-state index in [9.17, 15) is 26.4 Å². The molecule has 0 radical (unpaired) electrons. The SMILES string of the molecule is C[C@H](SCc1ccc(C(F)(F)F)cc1)C(=O)N[C@@H]1CCS(=O)(=O)C1. The van der Waals surface area contributed by atoms with Crippen molar-refractivity contribution in [2.24, 2.45) is 0 Å². The van der Waals surface area contributed by atoms with Crippen LogP contribution in [0.4, 0.5) is 13.2 Å². The number of alkyl halides is 3. The van der Waals surface area contributed by atoms with Crippen LogP contribution in [0.1, 0.15) is 24.5 Å². The summed E-state index contributed by atoms with van der Waals surface area (Å²) in [6.07, 6.45) is -3.94. The Kier molecular flexibility index (Phi) is 5.85. The van der Waals surface area contributed by atoms with Crippen molar-refractivity contribution in [2.75, 3.05) is 11.5 Å². The molecule has 1 saturated heterocycles. The first-order chi connectivity index (χ1) is 11.1. The first-order valence-electron chi connectivity index (χ1n) is 7.35. The largest absolute Gasteiger partial charge is 0.416 e. The molecule has 0 aromatic heterocycles. The van der Waals surface area contributed by atoms with Gasteiger partial charge in [-0.1, -0.05) is 12.1 Å². The minimum Gasteiger partial charge on any atom is -0.351 e. The number of sulfone groups is 1. The van der Waals surface area contributed by atoms with Gasteiger partial charge in [0.15, 0.2) is 9.84 Å². The molecule has 1 amide bonds. The zero-order valence-electron chi connectivity index (χ0n) is 13.0. The molecule has 24 heavy (non-hydrogen) atoms. The molecule has 0 spiro atoms. The fourth-order valence-electron chi connectivity index (χ4n) is 2.31. The molecule has 2 atom stereocenters. The van der Waals surface area contributed by atoms with Crippen LogP contribution in [0.3, 0.4) is 0 Å². The van der Waals surface area contributed by atoms with Crippen LogP contribution in [0.5, 0.6) is 0 Å². The predicted molar refractivity (Wildman–Crippen MR) is 87.4 cm³/mol. The van der Waals surface area contributed by atoms with Crippen molar-refractivity contribution >= 4 is 27.5 Å². The third kappa shape index (κ3) is 5.41. The number of benzene rings is 1. The Balaban J connectivity index is 1.82. The fourth-order valence-corrected chi connectivity index (χ4v) is 4.84. The highest BCUT2D eigenvalue weighted by Crippen LogP contribution is 2.29. The zero-order chi connectivity index (χ0) is 18.0. The van der Waals surface area contributed by atoms with Crippen LogP contribution in [0.25, 0.3) is 0 Å². The molecular formula is C15H18F3NO3S2. The predicted octanol–water partition coefficient (Wildman–Crippen LogP) is 2.63. The van der Waals surface area contributed by atoms with Crippen molar-refractivity contribution in [3.05, 3.63) is 35.4 Å². The third-order valence-corrected chi connectivity index (χ3v) is 6.71. The van der Waals surface area contributed by atoms with Gasteiger partial charge in [0.2, 0.25) is 5.91 Å². The number of hydrogen-bond donors (Lipinski definition) is 1. The van der Waals surface area contributed by atoms with E-state index in [1.807, 2.05) is 0 Å². The minimum absolute atomic E-state index is 0.0327. The monoisotopic (exact) mass is 381 g/mol. The van der Waals surface area contributed by atoms with Crippen molar-refractivity contribution in [1.82, 2.24) is 5.32 Å². The number of halogens is 3. The van der Waals surface area contributed by atoms with E-state index in [2.05, 4.69) is 5.32 Å². The first-order valence-corrected chi connectivity index (χ1v) is 10.2. The molecule has 0 bridgehead atoms. The summed E-state index contributed by atoms with van der Waals surface area (Å²) in [6.45, 7) is 1.69. The van der Waals surface area contributed by atoms with Crippen LogP contribution in [0.2, 0.25) is 0 Å². The van der Waals surface area contributed by atoms with Gasteiger partial charge in [-0.05, 0) is 31.0 Å². The number of amides is 1. The van der Waals surface area contributed by atoms with Crippen LogP contribution in [-0.4, -0.2) is 37.1 Å². The highest BCUT2D eigenvalue weighted by Gasteiger charge is 2.31. The number of hydrogen-bond acceptors (Lipinski definition) is 4. The van der Waals surface area contributed by atoms with Crippen LogP contribution in [0, 0.1) is 0 Å². The summed E-state index contributed by atoms with van der Waals surface area (Å²) >= 11 is 1.29. The molecule has 1 aliphatic heterocycles. The molecule has 0 aliphatic carbocycles. The fraction of sp³-hybridized carbons (Fsp3) is 0.533. The van der Waals surface area contributed by atoms with Crippen molar-refractivity contribution in [3.63, 3.8) is 0 Å². The highest BCUT2D eigenvalue weighted by atomic mass is 32.2. The van der Waals surface area contributed by atoms with E-state index < -0.39 is 26.8 Å². The lowest BCUT2D eigenvalue weighted by Gasteiger charge is -2.16. The van der Waals surface area contributed by atoms with Crippen LogP contribution >= 0.6 is 11.8 Å². The minimum atomic E-state index is -4.36. The number of thioether (sulfide) groups is 1. The maximum atomic E-state index is 12.5. The van der Waals surface area contributed by atoms with Crippen LogP contribution < -0.4 is 5.32 Å². The maximum Gasteiger partial charge on any atom is 0.416 e. The molecule has 1 fully saturated rings. The summed E-state index contributed by atoms with van der Waals surface area (Å²) < 4.78 is 60.2. The van der Waals surface area contributed by atoms with Gasteiger partial charge in [-0.25, -0.2) is 8.42 Å². The normalized spacial score (nSPS) is 21.4. The molecule has 2 rings (SSSR count). The Morgan fingerprint density at radius 3 is 2.46 bits per heavy atom. The summed E-state index contributed by atoms with van der Waals surface area (Å²) in [5, 5.41) is 2.29. The van der Waals surface area contributed by atoms with Gasteiger partial charge in [0.1, 0.15) is 0 Å². The smallest absolute Gasteiger partial charge is 0.351 e. The second kappa shape index (κ2) is 7.35. The lowest BCUT2D eigenvalue weighted by atomic mass is 10.1. The van der Waals surface area contributed by atoms with Gasteiger partial charge in [0, 0.05) is 11.8 Å². The Morgan fingerprint density at radius 2 is 1.96 bits per heavy atom. The van der Waals surface area contributed by atoms with E-state index in [1.54, 1.807) is 6.92 Å². The summed E-state index contributed by atoms with van der Waals surface area (Å²) in [5.41, 5.74) is -0.0134. The van der Waals surface area contributed by atoms with Crippen LogP contribution in [-0.2, 0) is 26.6 Å². The summed E-state index contributed by atoms with van der Waals surface area (Å²) in [7, 11) is -3.05. The standard InChI is InChI=1S/C15H18F3NO3S2/c1-10(14(20)19-13-6-7-24(21,22)9-13)23-8-11-2-4-12(5-3-11)15(16,17)18/h2-5,10,13H,6-9H2,1H3,(H,19,20)/t10-,13+/m0/s1. The topological polar surface area (TPSA) is 63.2 Å². The molecule has 1 aromatic carbocycles. The second-order valence-corrected chi connectivity index (χ2v) is 9.31. The van der Waals surface area contributed by atoms with Crippen molar-refractivity contribution in [1.29, 1.82) is 0 Å². The second-order valence-electron chi connectivity index (χ2n) is 5.76. The summed E-state index contributed by atoms with van der Waals surface area (Å²) in [5.74, 6) is 0.199. The van der Waals surface area contributed by atoms with Crippen molar-refractivity contribution < 1.29 is 26.4 Å². The van der Waals surface area contributed by atoms with Crippen molar-refractivity contribution in [2.45, 2.75) is 36.6 Å². The lowest BCUT2D eigenvalue weighted by molar-refractivity contribution is -0.137. The van der Waals surface area contributed by atoms with Crippen LogP contribution in [0.15, 0.2) is 24.3 Å². The zero-order valence-corrected chi connectivity index (χ0v) is 14.6. The Labute approximate surface area is 143 Å². The molecule has 134 valence electrons. The molecule has 1 N–H and O–H groups in total. The van der Waals surface area contributed by atoms with E-state index in [-0.39, 0.29) is 23.5 Å². The third-order valence-electron chi connectivity index (χ3n) is 3.73. The summed E-state index contributed by atoms with van der Waals surface area (Å²) in [4.78, 5) is 12.0. The average Bonchev–Trinajstić information content (AvgIpc) is 2.83. The highest BCUT2D eigenvalue weighted by molar-refractivity contribution is 7.99. The first kappa shape index (κ1) is 19.1. The molecule has 1 aliphatic rings. The van der Waals surface area contributed by atoms with E-state index in [0.29, 0.717) is 17.7 Å². The molecule has 4 nitrogen and oxygen atoms in total. The molecular weight excluding hydrogens is 363 g/mol. The van der Waals surface area contributed by atoms with E-state index in [4.69, 9.17) is 0 Å². The van der Waals surface area contributed by atoms with E-state index in [1.165, 1.54) is 23.9 Å². The van der Waals surface area contributed by atoms with Gasteiger partial charge in [-0.15, -0.1) is 11.8 Å². The number of rotatable bonds is 5. The molecule has 0 saturated carbocycles. The lowest BCUT2D eigenvalue weighted by Crippen LogP contribution is -2.40. The molecule has 0 unspecified atom stereocenters.